The van der Waals surface area contributed by atoms with Gasteiger partial charge in [0.2, 0.25) is 0 Å². The Morgan fingerprint density at radius 3 is 2.16 bits per heavy atom. The summed E-state index contributed by atoms with van der Waals surface area (Å²) in [5.74, 6) is 0.366. The molecule has 3 aromatic carbocycles. The molecule has 3 rings (SSSR count). The van der Waals surface area contributed by atoms with Gasteiger partial charge in [-0.15, -0.1) is 0 Å². The van der Waals surface area contributed by atoms with Crippen molar-refractivity contribution in [3.63, 3.8) is 0 Å². The van der Waals surface area contributed by atoms with Crippen LogP contribution in [0.3, 0.4) is 0 Å². The number of anilines is 2. The minimum Gasteiger partial charge on any atom is -0.495 e. The number of methoxy groups -OCH3 is 2. The highest BCUT2D eigenvalue weighted by Crippen LogP contribution is 2.31. The van der Waals surface area contributed by atoms with Crippen LogP contribution in [0.2, 0.25) is 5.02 Å². The van der Waals surface area contributed by atoms with E-state index in [2.05, 4.69) is 10.0 Å². The Bertz CT molecular complexity index is 1210. The lowest BCUT2D eigenvalue weighted by Crippen LogP contribution is -2.16. The third kappa shape index (κ3) is 5.28. The number of aryl methyl sites for hydroxylation is 1. The summed E-state index contributed by atoms with van der Waals surface area (Å²) in [5.41, 5.74) is 1.95. The quantitative estimate of drug-likeness (QED) is 0.532. The molecule has 2 N–H and O–H groups in total. The number of hydrogen-bond acceptors (Lipinski definition) is 5. The molecule has 0 heterocycles. The predicted octanol–water partition coefficient (Wildman–Crippen LogP) is 4.72. The van der Waals surface area contributed by atoms with Crippen molar-refractivity contribution < 1.29 is 22.7 Å². The Labute approximate surface area is 186 Å². The molecule has 0 saturated heterocycles. The summed E-state index contributed by atoms with van der Waals surface area (Å²) in [5, 5.41) is 2.97. The van der Waals surface area contributed by atoms with E-state index in [0.29, 0.717) is 17.1 Å². The summed E-state index contributed by atoms with van der Waals surface area (Å²) in [6, 6.07) is 15.7. The molecule has 0 spiro atoms. The molecule has 0 radical (unpaired) electrons. The van der Waals surface area contributed by atoms with Crippen LogP contribution in [0.25, 0.3) is 0 Å². The lowest BCUT2D eigenvalue weighted by Gasteiger charge is -2.14. The maximum atomic E-state index is 12.9. The van der Waals surface area contributed by atoms with Gasteiger partial charge in [0, 0.05) is 5.56 Å². The molecular weight excluding hydrogens is 440 g/mol. The number of hydrogen-bond donors (Lipinski definition) is 2. The first-order valence-corrected chi connectivity index (χ1v) is 11.0. The molecule has 0 saturated carbocycles. The van der Waals surface area contributed by atoms with Crippen LogP contribution in [0.15, 0.2) is 65.6 Å². The van der Waals surface area contributed by atoms with E-state index in [1.54, 1.807) is 18.2 Å². The Morgan fingerprint density at radius 2 is 1.55 bits per heavy atom. The number of amides is 1. The SMILES string of the molecule is COc1ccc(NS(=O)(=O)c2ccc(OC)c(NC(=O)c3ccc(C)cc3)c2)cc1Cl. The molecule has 0 atom stereocenters. The second-order valence-corrected chi connectivity index (χ2v) is 8.73. The van der Waals surface area contributed by atoms with Gasteiger partial charge in [0.1, 0.15) is 11.5 Å². The lowest BCUT2D eigenvalue weighted by molar-refractivity contribution is 0.102. The van der Waals surface area contributed by atoms with Gasteiger partial charge in [0.15, 0.2) is 0 Å². The van der Waals surface area contributed by atoms with Crippen LogP contribution in [0.5, 0.6) is 11.5 Å². The van der Waals surface area contributed by atoms with Crippen LogP contribution in [0.4, 0.5) is 11.4 Å². The fourth-order valence-corrected chi connectivity index (χ4v) is 4.13. The van der Waals surface area contributed by atoms with E-state index >= 15 is 0 Å². The molecule has 31 heavy (non-hydrogen) atoms. The van der Waals surface area contributed by atoms with Gasteiger partial charge < -0.3 is 14.8 Å². The van der Waals surface area contributed by atoms with Crippen LogP contribution in [0.1, 0.15) is 15.9 Å². The Morgan fingerprint density at radius 1 is 0.903 bits per heavy atom. The topological polar surface area (TPSA) is 93.7 Å². The molecule has 0 aliphatic rings. The van der Waals surface area contributed by atoms with Gasteiger partial charge in [0.25, 0.3) is 15.9 Å². The van der Waals surface area contributed by atoms with E-state index in [-0.39, 0.29) is 27.2 Å². The molecule has 9 heteroatoms. The van der Waals surface area contributed by atoms with Crippen molar-refractivity contribution in [1.82, 2.24) is 0 Å². The number of benzene rings is 3. The molecule has 7 nitrogen and oxygen atoms in total. The van der Waals surface area contributed by atoms with Crippen molar-refractivity contribution in [2.24, 2.45) is 0 Å². The van der Waals surface area contributed by atoms with Crippen LogP contribution >= 0.6 is 11.6 Å². The maximum Gasteiger partial charge on any atom is 0.261 e. The van der Waals surface area contributed by atoms with Crippen molar-refractivity contribution in [1.29, 1.82) is 0 Å². The zero-order valence-corrected chi connectivity index (χ0v) is 18.7. The monoisotopic (exact) mass is 460 g/mol. The van der Waals surface area contributed by atoms with Gasteiger partial charge >= 0.3 is 0 Å². The van der Waals surface area contributed by atoms with Crippen LogP contribution in [0, 0.1) is 6.92 Å². The Hall–Kier alpha value is -3.23. The number of ether oxygens (including phenoxy) is 2. The van der Waals surface area contributed by atoms with Gasteiger partial charge in [-0.1, -0.05) is 29.3 Å². The molecule has 0 aliphatic carbocycles. The highest BCUT2D eigenvalue weighted by Gasteiger charge is 2.19. The smallest absolute Gasteiger partial charge is 0.261 e. The Balaban J connectivity index is 1.88. The normalized spacial score (nSPS) is 11.0. The van der Waals surface area contributed by atoms with Gasteiger partial charge in [-0.2, -0.15) is 0 Å². The maximum absolute atomic E-state index is 12.9. The summed E-state index contributed by atoms with van der Waals surface area (Å²) in [6.07, 6.45) is 0. The average Bonchev–Trinajstić information content (AvgIpc) is 2.74. The first kappa shape index (κ1) is 22.5. The number of carbonyl (C=O) groups excluding carboxylic acids is 1. The molecule has 0 aliphatic heterocycles. The molecule has 3 aromatic rings. The number of rotatable bonds is 7. The second-order valence-electron chi connectivity index (χ2n) is 6.64. The van der Waals surface area contributed by atoms with Crippen molar-refractivity contribution in [3.8, 4) is 11.5 Å². The molecule has 0 unspecified atom stereocenters. The largest absolute Gasteiger partial charge is 0.495 e. The number of sulfonamides is 1. The minimum absolute atomic E-state index is 0.0561. The van der Waals surface area contributed by atoms with Crippen molar-refractivity contribution in [2.75, 3.05) is 24.3 Å². The standard InChI is InChI=1S/C22H21ClN2O5S/c1-14-4-6-15(7-5-14)22(26)24-19-13-17(9-11-21(19)30-3)31(27,28)25-16-8-10-20(29-2)18(23)12-16/h4-13,25H,1-3H3,(H,24,26). The summed E-state index contributed by atoms with van der Waals surface area (Å²) < 4.78 is 38.5. The predicted molar refractivity (Wildman–Crippen MR) is 121 cm³/mol. The van der Waals surface area contributed by atoms with Gasteiger partial charge in [-0.3, -0.25) is 9.52 Å². The fraction of sp³-hybridized carbons (Fsp3) is 0.136. The first-order chi connectivity index (χ1) is 14.7. The van der Waals surface area contributed by atoms with Gasteiger partial charge in [-0.25, -0.2) is 8.42 Å². The van der Waals surface area contributed by atoms with Crippen molar-refractivity contribution in [2.45, 2.75) is 11.8 Å². The van der Waals surface area contributed by atoms with E-state index in [1.807, 2.05) is 19.1 Å². The Kier molecular flexibility index (Phi) is 6.72. The van der Waals surface area contributed by atoms with E-state index in [0.717, 1.165) is 5.56 Å². The third-order valence-electron chi connectivity index (χ3n) is 4.45. The van der Waals surface area contributed by atoms with Crippen LogP contribution in [-0.4, -0.2) is 28.5 Å². The highest BCUT2D eigenvalue weighted by molar-refractivity contribution is 7.92. The average molecular weight is 461 g/mol. The molecule has 0 bridgehead atoms. The van der Waals surface area contributed by atoms with Crippen LogP contribution in [-0.2, 0) is 10.0 Å². The number of nitrogens with one attached hydrogen (secondary N) is 2. The fourth-order valence-electron chi connectivity index (χ4n) is 2.80. The van der Waals surface area contributed by atoms with E-state index in [9.17, 15) is 13.2 Å². The van der Waals surface area contributed by atoms with Gasteiger partial charge in [-0.05, 0) is 55.5 Å². The number of halogens is 1. The molecule has 162 valence electrons. The highest BCUT2D eigenvalue weighted by atomic mass is 35.5. The summed E-state index contributed by atoms with van der Waals surface area (Å²) in [7, 11) is -1.06. The second kappa shape index (κ2) is 9.28. The third-order valence-corrected chi connectivity index (χ3v) is 6.12. The molecule has 1 amide bonds. The van der Waals surface area contributed by atoms with Gasteiger partial charge in [0.05, 0.1) is 35.5 Å². The molecule has 0 aromatic heterocycles. The summed E-state index contributed by atoms with van der Waals surface area (Å²) in [6.45, 7) is 1.92. The van der Waals surface area contributed by atoms with E-state index < -0.39 is 10.0 Å². The van der Waals surface area contributed by atoms with E-state index in [4.69, 9.17) is 21.1 Å². The van der Waals surface area contributed by atoms with E-state index in [1.165, 1.54) is 44.6 Å². The molecule has 0 fully saturated rings. The zero-order valence-electron chi connectivity index (χ0n) is 17.1. The zero-order chi connectivity index (χ0) is 22.6. The minimum atomic E-state index is -3.96. The molecular formula is C22H21ClN2O5S. The summed E-state index contributed by atoms with van der Waals surface area (Å²) in [4.78, 5) is 12.5. The van der Waals surface area contributed by atoms with Crippen molar-refractivity contribution in [3.05, 3.63) is 76.8 Å². The summed E-state index contributed by atoms with van der Waals surface area (Å²) >= 11 is 6.07. The van der Waals surface area contributed by atoms with Crippen LogP contribution < -0.4 is 19.5 Å². The van der Waals surface area contributed by atoms with Crippen molar-refractivity contribution >= 4 is 38.9 Å². The first-order valence-electron chi connectivity index (χ1n) is 9.16. The lowest BCUT2D eigenvalue weighted by atomic mass is 10.1. The number of carbonyl (C=O) groups is 1.